The highest BCUT2D eigenvalue weighted by atomic mass is 35.5. The van der Waals surface area contributed by atoms with Crippen LogP contribution in [0.15, 0.2) is 41.3 Å². The number of benzene rings is 2. The Morgan fingerprint density at radius 3 is 2.28 bits per heavy atom. The average Bonchev–Trinajstić information content (AvgIpc) is 2.48. The van der Waals surface area contributed by atoms with Gasteiger partial charge in [-0.2, -0.15) is 13.2 Å². The highest BCUT2D eigenvalue weighted by molar-refractivity contribution is 7.92. The highest BCUT2D eigenvalue weighted by Crippen LogP contribution is 2.38. The molecule has 134 valence electrons. The van der Waals surface area contributed by atoms with Crippen LogP contribution in [0.5, 0.6) is 0 Å². The number of sulfonamides is 1. The molecule has 0 atom stereocenters. The second-order valence-electron chi connectivity index (χ2n) is 4.67. The third-order valence-corrected chi connectivity index (χ3v) is 4.62. The number of nitrogens with one attached hydrogen (secondary N) is 1. The summed E-state index contributed by atoms with van der Waals surface area (Å²) in [4.78, 5) is 8.94. The quantitative estimate of drug-likeness (QED) is 0.474. The van der Waals surface area contributed by atoms with Crippen LogP contribution < -0.4 is 4.72 Å². The van der Waals surface area contributed by atoms with Gasteiger partial charge in [-0.15, -0.1) is 0 Å². The fourth-order valence-corrected chi connectivity index (χ4v) is 3.16. The van der Waals surface area contributed by atoms with Crippen molar-refractivity contribution in [3.05, 3.63) is 62.9 Å². The first-order chi connectivity index (χ1) is 11.4. The summed E-state index contributed by atoms with van der Waals surface area (Å²) in [6, 6.07) is 4.03. The molecule has 0 aliphatic rings. The lowest BCUT2D eigenvalue weighted by molar-refractivity contribution is -0.388. The second kappa shape index (κ2) is 6.48. The highest BCUT2D eigenvalue weighted by Gasteiger charge is 2.38. The molecule has 2 rings (SSSR count). The molecule has 25 heavy (non-hydrogen) atoms. The minimum atomic E-state index is -5.07. The lowest BCUT2D eigenvalue weighted by atomic mass is 10.1. The van der Waals surface area contributed by atoms with Crippen molar-refractivity contribution in [1.29, 1.82) is 0 Å². The van der Waals surface area contributed by atoms with Gasteiger partial charge in [0.15, 0.2) is 0 Å². The average molecular weight is 399 g/mol. The van der Waals surface area contributed by atoms with Gasteiger partial charge >= 0.3 is 6.18 Å². The largest absolute Gasteiger partial charge is 0.423 e. The fraction of sp³-hybridized carbons (Fsp3) is 0.0769. The third-order valence-electron chi connectivity index (χ3n) is 2.95. The van der Waals surface area contributed by atoms with Gasteiger partial charge < -0.3 is 0 Å². The van der Waals surface area contributed by atoms with Crippen LogP contribution >= 0.6 is 11.6 Å². The zero-order valence-electron chi connectivity index (χ0n) is 11.8. The van der Waals surface area contributed by atoms with Crippen LogP contribution in [0.25, 0.3) is 0 Å². The first-order valence-corrected chi connectivity index (χ1v) is 8.11. The molecule has 0 fully saturated rings. The van der Waals surface area contributed by atoms with E-state index in [0.717, 1.165) is 24.3 Å². The molecule has 0 unspecified atom stereocenters. The molecular formula is C13H7ClF4N2O4S. The number of alkyl halides is 3. The van der Waals surface area contributed by atoms with Gasteiger partial charge in [0, 0.05) is 11.8 Å². The molecule has 0 spiro atoms. The van der Waals surface area contributed by atoms with Crippen LogP contribution in [-0.4, -0.2) is 13.3 Å². The van der Waals surface area contributed by atoms with Crippen molar-refractivity contribution < 1.29 is 30.9 Å². The Kier molecular flexibility index (Phi) is 4.91. The SMILES string of the molecule is O=[N+]([O-])c1ccc(NS(=O)(=O)c2ccc(F)c(Cl)c2)cc1C(F)(F)F. The monoisotopic (exact) mass is 398 g/mol. The van der Waals surface area contributed by atoms with Gasteiger partial charge in [-0.3, -0.25) is 14.8 Å². The lowest BCUT2D eigenvalue weighted by Crippen LogP contribution is -2.15. The van der Waals surface area contributed by atoms with Crippen molar-refractivity contribution in [2.75, 3.05) is 4.72 Å². The molecule has 0 aliphatic heterocycles. The van der Waals surface area contributed by atoms with E-state index in [4.69, 9.17) is 11.6 Å². The van der Waals surface area contributed by atoms with Crippen molar-refractivity contribution in [3.8, 4) is 0 Å². The lowest BCUT2D eigenvalue weighted by Gasteiger charge is -2.12. The maximum Gasteiger partial charge on any atom is 0.423 e. The Labute approximate surface area is 143 Å². The van der Waals surface area contributed by atoms with E-state index in [1.54, 1.807) is 0 Å². The normalized spacial score (nSPS) is 12.0. The molecule has 0 heterocycles. The Bertz CT molecular complexity index is 948. The predicted octanol–water partition coefficient (Wildman–Crippen LogP) is 4.21. The summed E-state index contributed by atoms with van der Waals surface area (Å²) < 4.78 is 77.9. The summed E-state index contributed by atoms with van der Waals surface area (Å²) in [6.07, 6.45) is -5.07. The van der Waals surface area contributed by atoms with E-state index in [9.17, 15) is 36.1 Å². The number of hydrogen-bond donors (Lipinski definition) is 1. The van der Waals surface area contributed by atoms with Gasteiger partial charge in [-0.1, -0.05) is 11.6 Å². The minimum Gasteiger partial charge on any atom is -0.280 e. The van der Waals surface area contributed by atoms with Gasteiger partial charge in [0.2, 0.25) is 0 Å². The zero-order chi connectivity index (χ0) is 19.0. The van der Waals surface area contributed by atoms with E-state index in [-0.39, 0.29) is 0 Å². The van der Waals surface area contributed by atoms with Crippen LogP contribution in [0.2, 0.25) is 5.02 Å². The second-order valence-corrected chi connectivity index (χ2v) is 6.76. The molecule has 2 aromatic carbocycles. The van der Waals surface area contributed by atoms with E-state index >= 15 is 0 Å². The number of hydrogen-bond acceptors (Lipinski definition) is 4. The van der Waals surface area contributed by atoms with E-state index in [1.807, 2.05) is 4.72 Å². The molecule has 0 bridgehead atoms. The van der Waals surface area contributed by atoms with Crippen molar-refractivity contribution in [3.63, 3.8) is 0 Å². The number of anilines is 1. The zero-order valence-corrected chi connectivity index (χ0v) is 13.4. The maximum absolute atomic E-state index is 13.1. The fourth-order valence-electron chi connectivity index (χ4n) is 1.84. The molecule has 2 aromatic rings. The third kappa shape index (κ3) is 4.17. The molecule has 0 radical (unpaired) electrons. The summed E-state index contributed by atoms with van der Waals surface area (Å²) in [5.41, 5.74) is -3.39. The number of nitro groups is 1. The topological polar surface area (TPSA) is 89.3 Å². The van der Waals surface area contributed by atoms with Crippen LogP contribution in [0.3, 0.4) is 0 Å². The van der Waals surface area contributed by atoms with Crippen molar-refractivity contribution in [2.24, 2.45) is 0 Å². The van der Waals surface area contributed by atoms with E-state index in [2.05, 4.69) is 0 Å². The summed E-state index contributed by atoms with van der Waals surface area (Å²) in [6.45, 7) is 0. The molecule has 0 amide bonds. The van der Waals surface area contributed by atoms with Gasteiger partial charge in [0.1, 0.15) is 11.4 Å². The molecular weight excluding hydrogens is 392 g/mol. The number of halogens is 5. The van der Waals surface area contributed by atoms with Gasteiger partial charge in [-0.05, 0) is 30.3 Å². The molecule has 6 nitrogen and oxygen atoms in total. The molecule has 1 N–H and O–H groups in total. The van der Waals surface area contributed by atoms with Crippen molar-refractivity contribution in [1.82, 2.24) is 0 Å². The van der Waals surface area contributed by atoms with Crippen LogP contribution in [0.4, 0.5) is 28.9 Å². The van der Waals surface area contributed by atoms with Gasteiger partial charge in [-0.25, -0.2) is 12.8 Å². The van der Waals surface area contributed by atoms with E-state index < -0.39 is 53.8 Å². The summed E-state index contributed by atoms with van der Waals surface area (Å²) in [7, 11) is -4.39. The van der Waals surface area contributed by atoms with E-state index in [0.29, 0.717) is 12.1 Å². The molecule has 0 saturated carbocycles. The molecule has 0 aromatic heterocycles. The first kappa shape index (κ1) is 18.9. The standard InChI is InChI=1S/C13H7ClF4N2O4S/c14-10-6-8(2-3-11(10)15)25(23,24)19-7-1-4-12(20(21)22)9(5-7)13(16,17)18/h1-6,19H. The van der Waals surface area contributed by atoms with Crippen molar-refractivity contribution in [2.45, 2.75) is 11.1 Å². The van der Waals surface area contributed by atoms with E-state index in [1.165, 1.54) is 0 Å². The molecule has 0 aliphatic carbocycles. The van der Waals surface area contributed by atoms with Gasteiger partial charge in [0.05, 0.1) is 14.8 Å². The number of nitrogens with zero attached hydrogens (tertiary/aromatic N) is 1. The van der Waals surface area contributed by atoms with Crippen LogP contribution in [0.1, 0.15) is 5.56 Å². The first-order valence-electron chi connectivity index (χ1n) is 6.25. The van der Waals surface area contributed by atoms with Crippen LogP contribution in [-0.2, 0) is 16.2 Å². The summed E-state index contributed by atoms with van der Waals surface area (Å²) in [5.74, 6) is -0.879. The molecule has 12 heteroatoms. The maximum atomic E-state index is 13.1. The van der Waals surface area contributed by atoms with Crippen molar-refractivity contribution >= 4 is 33.0 Å². The van der Waals surface area contributed by atoms with Crippen LogP contribution in [0, 0.1) is 15.9 Å². The molecule has 0 saturated heterocycles. The Morgan fingerprint density at radius 1 is 1.12 bits per heavy atom. The summed E-state index contributed by atoms with van der Waals surface area (Å²) in [5, 5.41) is 10.2. The Morgan fingerprint density at radius 2 is 1.76 bits per heavy atom. The Balaban J connectivity index is 2.46. The smallest absolute Gasteiger partial charge is 0.280 e. The Hall–Kier alpha value is -2.40. The summed E-state index contributed by atoms with van der Waals surface area (Å²) >= 11 is 5.47. The minimum absolute atomic E-state index is 0.292. The number of nitro benzene ring substituents is 1. The van der Waals surface area contributed by atoms with Gasteiger partial charge in [0.25, 0.3) is 15.7 Å². The predicted molar refractivity (Wildman–Crippen MR) is 80.3 cm³/mol. The number of rotatable bonds is 4.